The first-order valence-electron chi connectivity index (χ1n) is 8.39. The molecule has 3 unspecified atom stereocenters. The van der Waals surface area contributed by atoms with Crippen LogP contribution in [-0.2, 0) is 0 Å². The van der Waals surface area contributed by atoms with Crippen LogP contribution in [0, 0.1) is 11.3 Å². The Labute approximate surface area is 120 Å². The van der Waals surface area contributed by atoms with Crippen LogP contribution in [0.1, 0.15) is 66.7 Å². The Kier molecular flexibility index (Phi) is 4.94. The third-order valence-electron chi connectivity index (χ3n) is 5.31. The smallest absolute Gasteiger partial charge is 0.0198 e. The number of rotatable bonds is 3. The maximum absolute atomic E-state index is 3.75. The fourth-order valence-corrected chi connectivity index (χ4v) is 4.21. The van der Waals surface area contributed by atoms with Crippen molar-refractivity contribution in [2.75, 3.05) is 13.1 Å². The van der Waals surface area contributed by atoms with Gasteiger partial charge in [0.15, 0.2) is 0 Å². The molecule has 112 valence electrons. The number of nitrogens with zero attached hydrogens (tertiary/aromatic N) is 1. The van der Waals surface area contributed by atoms with Gasteiger partial charge >= 0.3 is 0 Å². The lowest BCUT2D eigenvalue weighted by atomic mass is 9.72. The maximum Gasteiger partial charge on any atom is 0.0198 e. The molecule has 2 rings (SSSR count). The van der Waals surface area contributed by atoms with Gasteiger partial charge in [-0.05, 0) is 37.5 Å². The van der Waals surface area contributed by atoms with E-state index in [2.05, 4.69) is 44.8 Å². The minimum atomic E-state index is 0.506. The van der Waals surface area contributed by atoms with E-state index in [0.29, 0.717) is 17.5 Å². The van der Waals surface area contributed by atoms with Crippen LogP contribution in [0.2, 0.25) is 0 Å². The fourth-order valence-electron chi connectivity index (χ4n) is 4.21. The van der Waals surface area contributed by atoms with Gasteiger partial charge in [0.2, 0.25) is 0 Å². The predicted octanol–water partition coefficient (Wildman–Crippen LogP) is 3.66. The average molecular weight is 266 g/mol. The van der Waals surface area contributed by atoms with Gasteiger partial charge < -0.3 is 5.32 Å². The van der Waals surface area contributed by atoms with Gasteiger partial charge in [-0.3, -0.25) is 4.90 Å². The van der Waals surface area contributed by atoms with Gasteiger partial charge in [0.05, 0.1) is 0 Å². The highest BCUT2D eigenvalue weighted by molar-refractivity contribution is 4.95. The molecule has 2 heteroatoms. The molecule has 0 amide bonds. The van der Waals surface area contributed by atoms with Gasteiger partial charge in [-0.1, -0.05) is 40.5 Å². The molecule has 0 aromatic carbocycles. The van der Waals surface area contributed by atoms with Crippen LogP contribution in [0.5, 0.6) is 0 Å². The van der Waals surface area contributed by atoms with Gasteiger partial charge in [-0.2, -0.15) is 0 Å². The number of hydrogen-bond donors (Lipinski definition) is 1. The molecule has 1 N–H and O–H groups in total. The molecule has 1 saturated carbocycles. The van der Waals surface area contributed by atoms with Crippen molar-refractivity contribution in [2.45, 2.75) is 84.8 Å². The van der Waals surface area contributed by atoms with Crippen molar-refractivity contribution in [3.8, 4) is 0 Å². The van der Waals surface area contributed by atoms with E-state index in [1.54, 1.807) is 0 Å². The summed E-state index contributed by atoms with van der Waals surface area (Å²) >= 11 is 0. The second-order valence-corrected chi connectivity index (χ2v) is 8.03. The van der Waals surface area contributed by atoms with Gasteiger partial charge in [0, 0.05) is 31.2 Å². The molecule has 0 aromatic rings. The Morgan fingerprint density at radius 3 is 2.63 bits per heavy atom. The van der Waals surface area contributed by atoms with Crippen LogP contribution in [0.15, 0.2) is 0 Å². The number of hydrogen-bond acceptors (Lipinski definition) is 2. The van der Waals surface area contributed by atoms with Crippen LogP contribution in [0.3, 0.4) is 0 Å². The number of nitrogens with one attached hydrogen (secondary N) is 1. The summed E-state index contributed by atoms with van der Waals surface area (Å²) in [5.41, 5.74) is 0.506. The molecule has 1 aliphatic carbocycles. The molecule has 1 heterocycles. The first-order chi connectivity index (χ1) is 8.90. The number of piperazine rings is 1. The molecule has 19 heavy (non-hydrogen) atoms. The Morgan fingerprint density at radius 1 is 1.26 bits per heavy atom. The Balaban J connectivity index is 2.03. The highest BCUT2D eigenvalue weighted by Gasteiger charge is 2.40. The van der Waals surface area contributed by atoms with Crippen molar-refractivity contribution in [2.24, 2.45) is 11.3 Å². The maximum atomic E-state index is 3.75. The second-order valence-electron chi connectivity index (χ2n) is 8.03. The van der Waals surface area contributed by atoms with Crippen LogP contribution in [0.4, 0.5) is 0 Å². The van der Waals surface area contributed by atoms with Gasteiger partial charge in [0.1, 0.15) is 0 Å². The molecule has 0 aromatic heterocycles. The van der Waals surface area contributed by atoms with E-state index >= 15 is 0 Å². The Bertz CT molecular complexity index is 285. The molecule has 2 fully saturated rings. The summed E-state index contributed by atoms with van der Waals surface area (Å²) in [7, 11) is 0. The summed E-state index contributed by atoms with van der Waals surface area (Å²) in [6.45, 7) is 14.5. The lowest BCUT2D eigenvalue weighted by molar-refractivity contribution is -0.00214. The van der Waals surface area contributed by atoms with Crippen LogP contribution < -0.4 is 5.32 Å². The molecule has 0 spiro atoms. The van der Waals surface area contributed by atoms with Crippen molar-refractivity contribution in [3.63, 3.8) is 0 Å². The second kappa shape index (κ2) is 6.13. The predicted molar refractivity (Wildman–Crippen MR) is 83.5 cm³/mol. The largest absolute Gasteiger partial charge is 0.311 e. The Hall–Kier alpha value is -0.0800. The Morgan fingerprint density at radius 2 is 2.00 bits per heavy atom. The zero-order valence-corrected chi connectivity index (χ0v) is 13.7. The van der Waals surface area contributed by atoms with Gasteiger partial charge in [-0.25, -0.2) is 0 Å². The lowest BCUT2D eigenvalue weighted by Crippen LogP contribution is -2.61. The summed E-state index contributed by atoms with van der Waals surface area (Å²) in [6, 6.07) is 2.20. The van der Waals surface area contributed by atoms with E-state index in [9.17, 15) is 0 Å². The highest BCUT2D eigenvalue weighted by Crippen LogP contribution is 2.40. The molecule has 2 nitrogen and oxygen atoms in total. The summed E-state index contributed by atoms with van der Waals surface area (Å²) in [4.78, 5) is 2.84. The summed E-state index contributed by atoms with van der Waals surface area (Å²) < 4.78 is 0. The first kappa shape index (κ1) is 15.3. The molecular weight excluding hydrogens is 232 g/mol. The minimum absolute atomic E-state index is 0.506. The summed E-state index contributed by atoms with van der Waals surface area (Å²) in [5, 5.41) is 3.75. The molecule has 1 saturated heterocycles. The quantitative estimate of drug-likeness (QED) is 0.838. The van der Waals surface area contributed by atoms with Gasteiger partial charge in [-0.15, -0.1) is 0 Å². The summed E-state index contributed by atoms with van der Waals surface area (Å²) in [5.74, 6) is 0.798. The van der Waals surface area contributed by atoms with E-state index in [1.807, 2.05) is 0 Å². The SMILES string of the molecule is CC(C)CC1CN(C2CCCCC2(C)C)C(C)CN1. The molecular formula is C17H34N2. The van der Waals surface area contributed by atoms with Crippen molar-refractivity contribution in [1.82, 2.24) is 10.2 Å². The minimum Gasteiger partial charge on any atom is -0.311 e. The van der Waals surface area contributed by atoms with Gasteiger partial charge in [0.25, 0.3) is 0 Å². The average Bonchev–Trinajstić information content (AvgIpc) is 2.31. The zero-order chi connectivity index (χ0) is 14.0. The lowest BCUT2D eigenvalue weighted by Gasteiger charge is -2.51. The van der Waals surface area contributed by atoms with E-state index < -0.39 is 0 Å². The van der Waals surface area contributed by atoms with E-state index in [-0.39, 0.29) is 0 Å². The molecule has 0 radical (unpaired) electrons. The molecule has 2 aliphatic rings. The third kappa shape index (κ3) is 3.72. The van der Waals surface area contributed by atoms with Crippen LogP contribution >= 0.6 is 0 Å². The molecule has 3 atom stereocenters. The normalized spacial score (nSPS) is 36.6. The third-order valence-corrected chi connectivity index (χ3v) is 5.31. The van der Waals surface area contributed by atoms with E-state index in [0.717, 1.165) is 12.0 Å². The van der Waals surface area contributed by atoms with E-state index in [4.69, 9.17) is 0 Å². The fraction of sp³-hybridized carbons (Fsp3) is 1.00. The first-order valence-corrected chi connectivity index (χ1v) is 8.39. The molecule has 1 aliphatic heterocycles. The molecule has 0 bridgehead atoms. The monoisotopic (exact) mass is 266 g/mol. The summed E-state index contributed by atoms with van der Waals surface area (Å²) in [6.07, 6.45) is 6.99. The standard InChI is InChI=1S/C17H34N2/c1-13(2)10-15-12-19(14(3)11-18-15)16-8-6-7-9-17(16,4)5/h13-16,18H,6-12H2,1-5H3. The van der Waals surface area contributed by atoms with Crippen molar-refractivity contribution < 1.29 is 0 Å². The van der Waals surface area contributed by atoms with Crippen molar-refractivity contribution in [1.29, 1.82) is 0 Å². The van der Waals surface area contributed by atoms with Crippen LogP contribution in [-0.4, -0.2) is 36.1 Å². The van der Waals surface area contributed by atoms with Crippen molar-refractivity contribution >= 4 is 0 Å². The highest BCUT2D eigenvalue weighted by atomic mass is 15.3. The van der Waals surface area contributed by atoms with E-state index in [1.165, 1.54) is 45.2 Å². The van der Waals surface area contributed by atoms with Crippen LogP contribution in [0.25, 0.3) is 0 Å². The van der Waals surface area contributed by atoms with Crippen molar-refractivity contribution in [3.05, 3.63) is 0 Å². The topological polar surface area (TPSA) is 15.3 Å². The zero-order valence-electron chi connectivity index (χ0n) is 13.7.